The fourth-order valence-electron chi connectivity index (χ4n) is 4.15. The summed E-state index contributed by atoms with van der Waals surface area (Å²) in [7, 11) is 3.68. The van der Waals surface area contributed by atoms with E-state index in [0.717, 1.165) is 30.7 Å². The summed E-state index contributed by atoms with van der Waals surface area (Å²) in [5, 5.41) is 11.6. The number of fused-ring (bicyclic) bond motifs is 2. The van der Waals surface area contributed by atoms with Gasteiger partial charge in [0.25, 0.3) is 5.91 Å². The van der Waals surface area contributed by atoms with E-state index in [2.05, 4.69) is 30.6 Å². The highest BCUT2D eigenvalue weighted by atomic mass is 19.1. The van der Waals surface area contributed by atoms with Gasteiger partial charge in [0.05, 0.1) is 11.1 Å². The topological polar surface area (TPSA) is 88.0 Å². The minimum atomic E-state index is -0.488. The molecule has 1 atom stereocenters. The lowest BCUT2D eigenvalue weighted by Crippen LogP contribution is -2.30. The number of hydrogen-bond donors (Lipinski definition) is 2. The maximum Gasteiger partial charge on any atom is 0.259 e. The van der Waals surface area contributed by atoms with Gasteiger partial charge in [-0.3, -0.25) is 14.5 Å². The molecule has 1 aliphatic heterocycles. The number of anilines is 2. The zero-order valence-electron chi connectivity index (χ0n) is 17.3. The number of carbonyl (C=O) groups excluding carboxylic acids is 1. The van der Waals surface area contributed by atoms with Gasteiger partial charge in [-0.1, -0.05) is 0 Å². The second-order valence-electron chi connectivity index (χ2n) is 7.77. The molecule has 1 fully saturated rings. The molecule has 158 valence electrons. The summed E-state index contributed by atoms with van der Waals surface area (Å²) < 4.78 is 15.9. The predicted molar refractivity (Wildman–Crippen MR) is 118 cm³/mol. The molecule has 0 saturated carbocycles. The Hall–Kier alpha value is -3.59. The molecule has 4 heterocycles. The van der Waals surface area contributed by atoms with E-state index in [1.165, 1.54) is 10.7 Å². The number of aryl methyl sites for hydroxylation is 1. The molecule has 0 radical (unpaired) electrons. The Kier molecular flexibility index (Phi) is 4.74. The van der Waals surface area contributed by atoms with Crippen molar-refractivity contribution in [3.63, 3.8) is 0 Å². The highest BCUT2D eigenvalue weighted by molar-refractivity contribution is 6.13. The molecule has 31 heavy (non-hydrogen) atoms. The number of rotatable bonds is 4. The van der Waals surface area contributed by atoms with E-state index in [9.17, 15) is 9.18 Å². The highest BCUT2D eigenvalue weighted by Gasteiger charge is 2.25. The number of nitrogens with zero attached hydrogens (tertiary/aromatic N) is 5. The van der Waals surface area contributed by atoms with Gasteiger partial charge < -0.3 is 15.5 Å². The molecule has 3 aromatic heterocycles. The van der Waals surface area contributed by atoms with Crippen LogP contribution in [0, 0.1) is 5.82 Å². The number of nitrogens with one attached hydrogen (secondary N) is 2. The fourth-order valence-corrected chi connectivity index (χ4v) is 4.15. The monoisotopic (exact) mass is 419 g/mol. The maximum absolute atomic E-state index is 14.4. The van der Waals surface area contributed by atoms with Crippen LogP contribution in [0.5, 0.6) is 0 Å². The highest BCUT2D eigenvalue weighted by Crippen LogP contribution is 2.29. The average Bonchev–Trinajstić information content (AvgIpc) is 3.39. The third kappa shape index (κ3) is 3.46. The number of aromatic nitrogens is 4. The SMILES string of the molecule is CN[C@@H]1CCN(c2ncc(C(=O)Nc3cc(F)c4nn(C)cc4c3)c3ncccc23)C1. The molecular weight excluding hydrogens is 397 g/mol. The normalized spacial score (nSPS) is 16.4. The zero-order chi connectivity index (χ0) is 21.5. The van der Waals surface area contributed by atoms with Gasteiger partial charge in [0.2, 0.25) is 0 Å². The van der Waals surface area contributed by atoms with Crippen molar-refractivity contribution < 1.29 is 9.18 Å². The van der Waals surface area contributed by atoms with Gasteiger partial charge in [-0.15, -0.1) is 0 Å². The molecule has 5 rings (SSSR count). The number of benzene rings is 1. The van der Waals surface area contributed by atoms with Crippen molar-refractivity contribution in [2.75, 3.05) is 30.4 Å². The summed E-state index contributed by atoms with van der Waals surface area (Å²) in [6.45, 7) is 1.74. The molecule has 0 unspecified atom stereocenters. The van der Waals surface area contributed by atoms with Crippen LogP contribution < -0.4 is 15.5 Å². The van der Waals surface area contributed by atoms with Crippen LogP contribution >= 0.6 is 0 Å². The van der Waals surface area contributed by atoms with Gasteiger partial charge in [0.1, 0.15) is 11.3 Å². The van der Waals surface area contributed by atoms with E-state index in [0.29, 0.717) is 28.2 Å². The maximum atomic E-state index is 14.4. The van der Waals surface area contributed by atoms with Gasteiger partial charge in [0, 0.05) is 61.2 Å². The molecule has 1 amide bonds. The molecular formula is C22H22FN7O. The van der Waals surface area contributed by atoms with Crippen molar-refractivity contribution in [1.29, 1.82) is 0 Å². The van der Waals surface area contributed by atoms with Crippen LogP contribution in [0.3, 0.4) is 0 Å². The molecule has 1 saturated heterocycles. The van der Waals surface area contributed by atoms with Crippen molar-refractivity contribution in [3.8, 4) is 0 Å². The van der Waals surface area contributed by atoms with E-state index < -0.39 is 5.82 Å². The van der Waals surface area contributed by atoms with Crippen LogP contribution in [0.1, 0.15) is 16.8 Å². The van der Waals surface area contributed by atoms with Crippen molar-refractivity contribution in [2.45, 2.75) is 12.5 Å². The smallest absolute Gasteiger partial charge is 0.259 e. The first-order valence-corrected chi connectivity index (χ1v) is 10.1. The molecule has 8 nitrogen and oxygen atoms in total. The summed E-state index contributed by atoms with van der Waals surface area (Å²) >= 11 is 0. The van der Waals surface area contributed by atoms with Gasteiger partial charge in [-0.05, 0) is 37.7 Å². The van der Waals surface area contributed by atoms with Crippen molar-refractivity contribution in [3.05, 3.63) is 54.2 Å². The average molecular weight is 419 g/mol. The van der Waals surface area contributed by atoms with Gasteiger partial charge >= 0.3 is 0 Å². The molecule has 2 N–H and O–H groups in total. The Morgan fingerprint density at radius 3 is 2.94 bits per heavy atom. The Morgan fingerprint density at radius 1 is 1.26 bits per heavy atom. The lowest BCUT2D eigenvalue weighted by atomic mass is 10.1. The van der Waals surface area contributed by atoms with Gasteiger partial charge in [-0.2, -0.15) is 5.10 Å². The number of carbonyl (C=O) groups is 1. The first-order chi connectivity index (χ1) is 15.0. The van der Waals surface area contributed by atoms with E-state index in [4.69, 9.17) is 0 Å². The lowest BCUT2D eigenvalue weighted by molar-refractivity contribution is 0.102. The summed E-state index contributed by atoms with van der Waals surface area (Å²) in [5.74, 6) is -0.0573. The van der Waals surface area contributed by atoms with Gasteiger partial charge in [-0.25, -0.2) is 9.37 Å². The van der Waals surface area contributed by atoms with E-state index in [-0.39, 0.29) is 11.4 Å². The Morgan fingerprint density at radius 2 is 2.13 bits per heavy atom. The summed E-state index contributed by atoms with van der Waals surface area (Å²) in [6, 6.07) is 7.14. The molecule has 0 spiro atoms. The van der Waals surface area contributed by atoms with Crippen LogP contribution in [0.4, 0.5) is 15.9 Å². The number of hydrogen-bond acceptors (Lipinski definition) is 6. The predicted octanol–water partition coefficient (Wildman–Crippen LogP) is 2.71. The second-order valence-corrected chi connectivity index (χ2v) is 7.77. The van der Waals surface area contributed by atoms with Crippen molar-refractivity contribution in [1.82, 2.24) is 25.1 Å². The van der Waals surface area contributed by atoms with E-state index >= 15 is 0 Å². The van der Waals surface area contributed by atoms with Crippen LogP contribution in [-0.4, -0.2) is 51.8 Å². The van der Waals surface area contributed by atoms with Gasteiger partial charge in [0.15, 0.2) is 5.82 Å². The lowest BCUT2D eigenvalue weighted by Gasteiger charge is -2.20. The molecule has 0 aliphatic carbocycles. The second kappa shape index (κ2) is 7.59. The Labute approximate surface area is 178 Å². The van der Waals surface area contributed by atoms with Crippen LogP contribution in [0.2, 0.25) is 0 Å². The molecule has 1 aliphatic rings. The summed E-state index contributed by atoms with van der Waals surface area (Å²) in [4.78, 5) is 24.3. The Bertz CT molecular complexity index is 1300. The molecule has 4 aromatic rings. The summed E-state index contributed by atoms with van der Waals surface area (Å²) in [5.41, 5.74) is 1.54. The first-order valence-electron chi connectivity index (χ1n) is 10.1. The van der Waals surface area contributed by atoms with Crippen LogP contribution in [-0.2, 0) is 7.05 Å². The molecule has 9 heteroatoms. The number of likely N-dealkylation sites (N-methyl/N-ethyl adjacent to an activating group) is 1. The summed E-state index contributed by atoms with van der Waals surface area (Å²) in [6.07, 6.45) is 5.94. The first kappa shape index (κ1) is 19.4. The zero-order valence-corrected chi connectivity index (χ0v) is 17.3. The van der Waals surface area contributed by atoms with E-state index in [1.54, 1.807) is 31.7 Å². The third-order valence-corrected chi connectivity index (χ3v) is 5.69. The quantitative estimate of drug-likeness (QED) is 0.529. The van der Waals surface area contributed by atoms with Crippen molar-refractivity contribution >= 4 is 39.2 Å². The number of amides is 1. The van der Waals surface area contributed by atoms with Crippen LogP contribution in [0.25, 0.3) is 21.8 Å². The Balaban J connectivity index is 1.49. The van der Waals surface area contributed by atoms with Crippen molar-refractivity contribution in [2.24, 2.45) is 7.05 Å². The number of pyridine rings is 2. The fraction of sp³-hybridized carbons (Fsp3) is 0.273. The minimum absolute atomic E-state index is 0.268. The standard InChI is InChI=1S/C22H22FN7O/c1-24-14-5-7-30(12-14)21-16-4-3-6-25-20(16)17(10-26-21)22(31)27-15-8-13-11-29(2)28-19(13)18(23)9-15/h3-4,6,8-11,14,24H,5,7,12H2,1-2H3,(H,27,31)/t14-/m1/s1. The molecule has 0 bridgehead atoms. The van der Waals surface area contributed by atoms with Crippen LogP contribution in [0.15, 0.2) is 42.9 Å². The largest absolute Gasteiger partial charge is 0.354 e. The number of halogens is 1. The molecule has 1 aromatic carbocycles. The third-order valence-electron chi connectivity index (χ3n) is 5.69. The van der Waals surface area contributed by atoms with E-state index in [1.807, 2.05) is 19.2 Å². The minimum Gasteiger partial charge on any atom is -0.354 e.